The molecule has 4 heteroatoms. The number of nitrogens with one attached hydrogen (secondary N) is 1. The number of benzene rings is 2. The zero-order chi connectivity index (χ0) is 20.9. The van der Waals surface area contributed by atoms with Crippen LogP contribution >= 0.6 is 0 Å². The van der Waals surface area contributed by atoms with Gasteiger partial charge in [0.2, 0.25) is 5.91 Å². The van der Waals surface area contributed by atoms with Crippen LogP contribution in [0.4, 0.5) is 0 Å². The monoisotopic (exact) mass is 403 g/mol. The number of piperidine rings is 1. The third kappa shape index (κ3) is 4.59. The lowest BCUT2D eigenvalue weighted by Crippen LogP contribution is -2.40. The number of aryl methyl sites for hydroxylation is 2. The summed E-state index contributed by atoms with van der Waals surface area (Å²) in [6.07, 6.45) is 5.22. The molecule has 1 N–H and O–H groups in total. The standard InChI is InChI=1S/C26H33N3O/c1-3-20-9-11-21(12-10-20)17-27-26(30)22-13-15-28(16-14-22)18-23-19-29(4-2)25-8-6-5-7-24(23)25/h5-12,19,22H,3-4,13-18H2,1-2H3,(H,27,30). The van der Waals surface area contributed by atoms with Crippen molar-refractivity contribution in [3.63, 3.8) is 0 Å². The van der Waals surface area contributed by atoms with Crippen molar-refractivity contribution in [2.75, 3.05) is 13.1 Å². The molecule has 0 atom stereocenters. The molecule has 4 nitrogen and oxygen atoms in total. The number of hydrogen-bond acceptors (Lipinski definition) is 2. The van der Waals surface area contributed by atoms with Crippen molar-refractivity contribution >= 4 is 16.8 Å². The van der Waals surface area contributed by atoms with Gasteiger partial charge in [-0.3, -0.25) is 9.69 Å². The van der Waals surface area contributed by atoms with Gasteiger partial charge in [0.1, 0.15) is 0 Å². The van der Waals surface area contributed by atoms with E-state index >= 15 is 0 Å². The van der Waals surface area contributed by atoms with E-state index in [1.807, 2.05) is 0 Å². The maximum Gasteiger partial charge on any atom is 0.223 e. The Balaban J connectivity index is 1.29. The molecule has 0 unspecified atom stereocenters. The molecular weight excluding hydrogens is 370 g/mol. The second-order valence-corrected chi connectivity index (χ2v) is 8.40. The number of aromatic nitrogens is 1. The molecule has 0 radical (unpaired) electrons. The van der Waals surface area contributed by atoms with Gasteiger partial charge in [-0.15, -0.1) is 0 Å². The zero-order valence-corrected chi connectivity index (χ0v) is 18.2. The van der Waals surface area contributed by atoms with E-state index in [0.717, 1.165) is 45.4 Å². The molecule has 1 aliphatic heterocycles. The number of hydrogen-bond donors (Lipinski definition) is 1. The van der Waals surface area contributed by atoms with E-state index in [1.165, 1.54) is 27.6 Å². The summed E-state index contributed by atoms with van der Waals surface area (Å²) >= 11 is 0. The second kappa shape index (κ2) is 9.48. The number of carbonyl (C=O) groups is 1. The number of nitrogens with zero attached hydrogens (tertiary/aromatic N) is 2. The summed E-state index contributed by atoms with van der Waals surface area (Å²) in [4.78, 5) is 15.1. The molecule has 0 aliphatic carbocycles. The third-order valence-electron chi connectivity index (χ3n) is 6.46. The Hall–Kier alpha value is -2.59. The SMILES string of the molecule is CCc1ccc(CNC(=O)C2CCN(Cc3cn(CC)c4ccccc34)CC2)cc1. The van der Waals surface area contributed by atoms with Gasteiger partial charge in [-0.1, -0.05) is 49.4 Å². The predicted molar refractivity (Wildman–Crippen MR) is 123 cm³/mol. The normalized spacial score (nSPS) is 15.5. The van der Waals surface area contributed by atoms with Crippen molar-refractivity contribution in [2.24, 2.45) is 5.92 Å². The van der Waals surface area contributed by atoms with Crippen LogP contribution in [0.5, 0.6) is 0 Å². The summed E-state index contributed by atoms with van der Waals surface area (Å²) in [5, 5.41) is 4.50. The van der Waals surface area contributed by atoms with E-state index in [4.69, 9.17) is 0 Å². The van der Waals surface area contributed by atoms with E-state index < -0.39 is 0 Å². The van der Waals surface area contributed by atoms with Gasteiger partial charge < -0.3 is 9.88 Å². The molecule has 1 aliphatic rings. The van der Waals surface area contributed by atoms with Gasteiger partial charge >= 0.3 is 0 Å². The van der Waals surface area contributed by atoms with E-state index in [-0.39, 0.29) is 11.8 Å². The lowest BCUT2D eigenvalue weighted by atomic mass is 9.95. The second-order valence-electron chi connectivity index (χ2n) is 8.40. The number of fused-ring (bicyclic) bond motifs is 1. The van der Waals surface area contributed by atoms with Crippen LogP contribution in [0.2, 0.25) is 0 Å². The number of carbonyl (C=O) groups excluding carboxylic acids is 1. The number of para-hydroxylation sites is 1. The quantitative estimate of drug-likeness (QED) is 0.618. The number of likely N-dealkylation sites (tertiary alicyclic amines) is 1. The fourth-order valence-electron chi connectivity index (χ4n) is 4.53. The molecule has 1 fully saturated rings. The Morgan fingerprint density at radius 2 is 1.70 bits per heavy atom. The highest BCUT2D eigenvalue weighted by Crippen LogP contribution is 2.25. The Bertz CT molecular complexity index is 981. The van der Waals surface area contributed by atoms with Gasteiger partial charge in [0.05, 0.1) is 0 Å². The van der Waals surface area contributed by atoms with E-state index in [0.29, 0.717) is 6.54 Å². The fourth-order valence-corrected chi connectivity index (χ4v) is 4.53. The lowest BCUT2D eigenvalue weighted by Gasteiger charge is -2.31. The van der Waals surface area contributed by atoms with Gasteiger partial charge in [0.15, 0.2) is 0 Å². The van der Waals surface area contributed by atoms with Crippen LogP contribution < -0.4 is 5.32 Å². The van der Waals surface area contributed by atoms with Gasteiger partial charge in [-0.05, 0) is 62.0 Å². The first kappa shape index (κ1) is 20.7. The van der Waals surface area contributed by atoms with Crippen molar-refractivity contribution in [3.8, 4) is 0 Å². The molecular formula is C26H33N3O. The van der Waals surface area contributed by atoms with Crippen molar-refractivity contribution in [1.29, 1.82) is 0 Å². The highest BCUT2D eigenvalue weighted by molar-refractivity contribution is 5.84. The Morgan fingerprint density at radius 3 is 2.40 bits per heavy atom. The summed E-state index contributed by atoms with van der Waals surface area (Å²) in [7, 11) is 0. The average molecular weight is 404 g/mol. The van der Waals surface area contributed by atoms with Crippen molar-refractivity contribution < 1.29 is 4.79 Å². The summed E-state index contributed by atoms with van der Waals surface area (Å²) in [5.74, 6) is 0.338. The molecule has 2 aromatic carbocycles. The zero-order valence-electron chi connectivity index (χ0n) is 18.2. The topological polar surface area (TPSA) is 37.3 Å². The maximum absolute atomic E-state index is 12.6. The van der Waals surface area contributed by atoms with E-state index in [1.54, 1.807) is 0 Å². The van der Waals surface area contributed by atoms with Crippen LogP contribution in [-0.2, 0) is 30.8 Å². The molecule has 3 aromatic rings. The molecule has 30 heavy (non-hydrogen) atoms. The minimum absolute atomic E-state index is 0.133. The Morgan fingerprint density at radius 1 is 1.00 bits per heavy atom. The predicted octanol–water partition coefficient (Wildman–Crippen LogP) is 4.75. The summed E-state index contributed by atoms with van der Waals surface area (Å²) in [6, 6.07) is 17.2. The first-order chi connectivity index (χ1) is 14.7. The lowest BCUT2D eigenvalue weighted by molar-refractivity contribution is -0.126. The van der Waals surface area contributed by atoms with Crippen LogP contribution in [0.15, 0.2) is 54.7 Å². The van der Waals surface area contributed by atoms with Gasteiger partial charge in [-0.2, -0.15) is 0 Å². The number of amides is 1. The van der Waals surface area contributed by atoms with Crippen molar-refractivity contribution in [2.45, 2.75) is 52.7 Å². The van der Waals surface area contributed by atoms with Gasteiger partial charge in [0.25, 0.3) is 0 Å². The minimum Gasteiger partial charge on any atom is -0.352 e. The largest absolute Gasteiger partial charge is 0.352 e. The van der Waals surface area contributed by atoms with Crippen LogP contribution in [0.1, 0.15) is 43.4 Å². The molecule has 0 bridgehead atoms. The molecule has 1 saturated heterocycles. The molecule has 4 rings (SSSR count). The van der Waals surface area contributed by atoms with Crippen LogP contribution in [-0.4, -0.2) is 28.5 Å². The first-order valence-corrected chi connectivity index (χ1v) is 11.3. The van der Waals surface area contributed by atoms with Crippen LogP contribution in [0.3, 0.4) is 0 Å². The molecule has 158 valence electrons. The first-order valence-electron chi connectivity index (χ1n) is 11.3. The summed E-state index contributed by atoms with van der Waals surface area (Å²) in [6.45, 7) is 8.89. The Kier molecular flexibility index (Phi) is 6.53. The van der Waals surface area contributed by atoms with Gasteiger partial charge in [-0.25, -0.2) is 0 Å². The highest BCUT2D eigenvalue weighted by Gasteiger charge is 2.25. The third-order valence-corrected chi connectivity index (χ3v) is 6.46. The van der Waals surface area contributed by atoms with Gasteiger partial charge in [0, 0.05) is 42.7 Å². The van der Waals surface area contributed by atoms with Crippen molar-refractivity contribution in [3.05, 3.63) is 71.4 Å². The fraction of sp³-hybridized carbons (Fsp3) is 0.423. The average Bonchev–Trinajstić information content (AvgIpc) is 3.16. The Labute approximate surface area is 179 Å². The van der Waals surface area contributed by atoms with Crippen LogP contribution in [0.25, 0.3) is 10.9 Å². The van der Waals surface area contributed by atoms with Crippen molar-refractivity contribution in [1.82, 2.24) is 14.8 Å². The summed E-state index contributed by atoms with van der Waals surface area (Å²) in [5.41, 5.74) is 5.21. The van der Waals surface area contributed by atoms with E-state index in [9.17, 15) is 4.79 Å². The molecule has 0 saturated carbocycles. The summed E-state index contributed by atoms with van der Waals surface area (Å²) < 4.78 is 2.33. The highest BCUT2D eigenvalue weighted by atomic mass is 16.1. The number of rotatable bonds is 7. The molecule has 1 amide bonds. The van der Waals surface area contributed by atoms with Crippen LogP contribution in [0, 0.1) is 5.92 Å². The molecule has 2 heterocycles. The maximum atomic E-state index is 12.6. The molecule has 0 spiro atoms. The smallest absolute Gasteiger partial charge is 0.223 e. The minimum atomic E-state index is 0.133. The van der Waals surface area contributed by atoms with E-state index in [2.05, 4.69) is 83.4 Å². The molecule has 1 aromatic heterocycles.